The van der Waals surface area contributed by atoms with Gasteiger partial charge in [-0.2, -0.15) is 0 Å². The van der Waals surface area contributed by atoms with Gasteiger partial charge in [-0.15, -0.1) is 12.4 Å². The summed E-state index contributed by atoms with van der Waals surface area (Å²) in [7, 11) is 0. The van der Waals surface area contributed by atoms with Gasteiger partial charge < -0.3 is 10.2 Å². The predicted octanol–water partition coefficient (Wildman–Crippen LogP) is 2.87. The van der Waals surface area contributed by atoms with Crippen LogP contribution in [0.1, 0.15) is 43.2 Å². The van der Waals surface area contributed by atoms with Gasteiger partial charge in [-0.05, 0) is 50.8 Å². The van der Waals surface area contributed by atoms with Gasteiger partial charge in [-0.25, -0.2) is 0 Å². The first-order chi connectivity index (χ1) is 9.66. The van der Waals surface area contributed by atoms with E-state index in [0.717, 1.165) is 32.4 Å². The molecule has 4 heteroatoms. The topological polar surface area (TPSA) is 32.3 Å². The third kappa shape index (κ3) is 3.24. The molecule has 3 atom stereocenters. The Bertz CT molecular complexity index is 499. The summed E-state index contributed by atoms with van der Waals surface area (Å²) in [6.45, 7) is 6.22. The zero-order valence-electron chi connectivity index (χ0n) is 12.8. The maximum absolute atomic E-state index is 12.6. The highest BCUT2D eigenvalue weighted by molar-refractivity contribution is 5.85. The third-order valence-corrected chi connectivity index (χ3v) is 4.84. The van der Waals surface area contributed by atoms with E-state index in [1.54, 1.807) is 0 Å². The molecule has 1 aromatic carbocycles. The van der Waals surface area contributed by atoms with E-state index in [1.807, 2.05) is 0 Å². The van der Waals surface area contributed by atoms with Crippen LogP contribution in [0.3, 0.4) is 0 Å². The average Bonchev–Trinajstić information content (AvgIpc) is 3.08. The average molecular weight is 309 g/mol. The van der Waals surface area contributed by atoms with E-state index in [4.69, 9.17) is 0 Å². The van der Waals surface area contributed by atoms with Gasteiger partial charge in [0.15, 0.2) is 0 Å². The van der Waals surface area contributed by atoms with Crippen LogP contribution in [0.25, 0.3) is 0 Å². The van der Waals surface area contributed by atoms with Crippen LogP contribution in [0.5, 0.6) is 0 Å². The number of carbonyl (C=O) groups excluding carboxylic acids is 1. The van der Waals surface area contributed by atoms with Crippen molar-refractivity contribution in [1.82, 2.24) is 10.2 Å². The lowest BCUT2D eigenvalue weighted by atomic mass is 9.93. The Morgan fingerprint density at radius 2 is 2.10 bits per heavy atom. The fourth-order valence-corrected chi connectivity index (χ4v) is 3.70. The Morgan fingerprint density at radius 1 is 1.33 bits per heavy atom. The van der Waals surface area contributed by atoms with E-state index in [2.05, 4.69) is 48.3 Å². The lowest BCUT2D eigenvalue weighted by Crippen LogP contribution is -2.45. The van der Waals surface area contributed by atoms with E-state index < -0.39 is 0 Å². The molecule has 2 heterocycles. The summed E-state index contributed by atoms with van der Waals surface area (Å²) >= 11 is 0. The molecule has 1 amide bonds. The number of hydrogen-bond acceptors (Lipinski definition) is 2. The van der Waals surface area contributed by atoms with Gasteiger partial charge in [0.1, 0.15) is 0 Å². The Balaban J connectivity index is 0.00000161. The number of halogens is 1. The highest BCUT2D eigenvalue weighted by atomic mass is 35.5. The van der Waals surface area contributed by atoms with Crippen LogP contribution in [0, 0.1) is 6.92 Å². The van der Waals surface area contributed by atoms with Gasteiger partial charge in [-0.3, -0.25) is 4.79 Å². The number of nitrogens with one attached hydrogen (secondary N) is 1. The van der Waals surface area contributed by atoms with Crippen molar-refractivity contribution in [3.05, 3.63) is 35.4 Å². The molecule has 21 heavy (non-hydrogen) atoms. The minimum Gasteiger partial charge on any atom is -0.338 e. The SMILES string of the molecule is Cc1ccccc1C1CC(C)N(C(=O)C2CCCN2)C1.Cl. The van der Waals surface area contributed by atoms with Gasteiger partial charge in [0, 0.05) is 18.5 Å². The fourth-order valence-electron chi connectivity index (χ4n) is 3.70. The third-order valence-electron chi connectivity index (χ3n) is 4.84. The minimum atomic E-state index is 0. The molecule has 0 aromatic heterocycles. The Labute approximate surface area is 133 Å². The fraction of sp³-hybridized carbons (Fsp3) is 0.588. The molecule has 3 rings (SSSR count). The molecule has 2 fully saturated rings. The van der Waals surface area contributed by atoms with Crippen molar-refractivity contribution in [1.29, 1.82) is 0 Å². The molecular weight excluding hydrogens is 284 g/mol. The number of likely N-dealkylation sites (tertiary alicyclic amines) is 1. The smallest absolute Gasteiger partial charge is 0.239 e. The first kappa shape index (κ1) is 16.3. The molecule has 0 spiro atoms. The number of aryl methyl sites for hydroxylation is 1. The predicted molar refractivity (Wildman–Crippen MR) is 88.0 cm³/mol. The van der Waals surface area contributed by atoms with Crippen molar-refractivity contribution in [2.45, 2.75) is 51.1 Å². The molecule has 3 unspecified atom stereocenters. The van der Waals surface area contributed by atoms with Crippen LogP contribution < -0.4 is 5.32 Å². The molecule has 0 radical (unpaired) electrons. The van der Waals surface area contributed by atoms with Crippen LogP contribution in [0.2, 0.25) is 0 Å². The van der Waals surface area contributed by atoms with Crippen molar-refractivity contribution >= 4 is 18.3 Å². The second kappa shape index (κ2) is 6.80. The summed E-state index contributed by atoms with van der Waals surface area (Å²) < 4.78 is 0. The number of nitrogens with zero attached hydrogens (tertiary/aromatic N) is 1. The monoisotopic (exact) mass is 308 g/mol. The molecular formula is C17H25ClN2O. The van der Waals surface area contributed by atoms with E-state index in [-0.39, 0.29) is 18.4 Å². The molecule has 2 aliphatic heterocycles. The maximum Gasteiger partial charge on any atom is 0.239 e. The van der Waals surface area contributed by atoms with Crippen molar-refractivity contribution in [3.63, 3.8) is 0 Å². The molecule has 1 aromatic rings. The Hall–Kier alpha value is -1.06. The summed E-state index contributed by atoms with van der Waals surface area (Å²) in [5, 5.41) is 3.33. The second-order valence-corrected chi connectivity index (χ2v) is 6.28. The number of amides is 1. The number of benzene rings is 1. The van der Waals surface area contributed by atoms with Gasteiger partial charge >= 0.3 is 0 Å². The largest absolute Gasteiger partial charge is 0.338 e. The first-order valence-electron chi connectivity index (χ1n) is 7.76. The normalized spacial score (nSPS) is 28.5. The van der Waals surface area contributed by atoms with Crippen molar-refractivity contribution in [3.8, 4) is 0 Å². The van der Waals surface area contributed by atoms with E-state index in [0.29, 0.717) is 17.9 Å². The summed E-state index contributed by atoms with van der Waals surface area (Å²) in [5.41, 5.74) is 2.76. The van der Waals surface area contributed by atoms with Crippen molar-refractivity contribution in [2.75, 3.05) is 13.1 Å². The highest BCUT2D eigenvalue weighted by Crippen LogP contribution is 2.33. The van der Waals surface area contributed by atoms with Crippen LogP contribution in [0.15, 0.2) is 24.3 Å². The lowest BCUT2D eigenvalue weighted by Gasteiger charge is -2.25. The summed E-state index contributed by atoms with van der Waals surface area (Å²) in [5.74, 6) is 0.808. The molecule has 1 N–H and O–H groups in total. The number of carbonyl (C=O) groups is 1. The zero-order valence-corrected chi connectivity index (χ0v) is 13.7. The summed E-state index contributed by atoms with van der Waals surface area (Å²) in [6, 6.07) is 9.00. The molecule has 2 saturated heterocycles. The van der Waals surface area contributed by atoms with E-state index >= 15 is 0 Å². The molecule has 116 valence electrons. The summed E-state index contributed by atoms with van der Waals surface area (Å²) in [4.78, 5) is 14.7. The van der Waals surface area contributed by atoms with E-state index in [1.165, 1.54) is 11.1 Å². The minimum absolute atomic E-state index is 0. The zero-order chi connectivity index (χ0) is 14.1. The van der Waals surface area contributed by atoms with Gasteiger partial charge in [0.2, 0.25) is 5.91 Å². The molecule has 3 nitrogen and oxygen atoms in total. The highest BCUT2D eigenvalue weighted by Gasteiger charge is 2.37. The Morgan fingerprint density at radius 3 is 2.76 bits per heavy atom. The Kier molecular flexibility index (Phi) is 5.28. The molecule has 0 aliphatic carbocycles. The van der Waals surface area contributed by atoms with Crippen molar-refractivity contribution in [2.24, 2.45) is 0 Å². The summed E-state index contributed by atoms with van der Waals surface area (Å²) in [6.07, 6.45) is 3.21. The lowest BCUT2D eigenvalue weighted by molar-refractivity contribution is -0.133. The second-order valence-electron chi connectivity index (χ2n) is 6.28. The number of rotatable bonds is 2. The first-order valence-corrected chi connectivity index (χ1v) is 7.76. The number of hydrogen-bond donors (Lipinski definition) is 1. The molecule has 0 saturated carbocycles. The van der Waals surface area contributed by atoms with Crippen LogP contribution >= 0.6 is 12.4 Å². The van der Waals surface area contributed by atoms with Gasteiger partial charge in [-0.1, -0.05) is 24.3 Å². The van der Waals surface area contributed by atoms with E-state index in [9.17, 15) is 4.79 Å². The maximum atomic E-state index is 12.6. The van der Waals surface area contributed by atoms with Gasteiger partial charge in [0.05, 0.1) is 6.04 Å². The van der Waals surface area contributed by atoms with Crippen molar-refractivity contribution < 1.29 is 4.79 Å². The molecule has 2 aliphatic rings. The van der Waals surface area contributed by atoms with Crippen LogP contribution in [0.4, 0.5) is 0 Å². The van der Waals surface area contributed by atoms with Crippen LogP contribution in [-0.2, 0) is 4.79 Å². The van der Waals surface area contributed by atoms with Crippen LogP contribution in [-0.4, -0.2) is 36.0 Å². The molecule has 0 bridgehead atoms. The van der Waals surface area contributed by atoms with Gasteiger partial charge in [0.25, 0.3) is 0 Å². The standard InChI is InChI=1S/C17H24N2O.ClH/c1-12-6-3-4-7-15(12)14-10-13(2)19(11-14)17(20)16-8-5-9-18-16;/h3-4,6-7,13-14,16,18H,5,8-11H2,1-2H3;1H. The quantitative estimate of drug-likeness (QED) is 0.911.